The molecule has 1 atom stereocenters. The third kappa shape index (κ3) is 4.83. The number of carboxylic acids is 1. The van der Waals surface area contributed by atoms with Crippen molar-refractivity contribution < 1.29 is 18.3 Å². The zero-order valence-electron chi connectivity index (χ0n) is 10.9. The second-order valence-corrected chi connectivity index (χ2v) is 8.17. The Hall–Kier alpha value is -0.440. The molecule has 112 valence electrons. The zero-order valence-corrected chi connectivity index (χ0v) is 14.9. The van der Waals surface area contributed by atoms with Crippen LogP contribution in [0.1, 0.15) is 20.3 Å². The number of hydrogen-bond acceptors (Lipinski definition) is 3. The van der Waals surface area contributed by atoms with E-state index in [1.165, 1.54) is 6.07 Å². The number of aliphatic carboxylic acids is 1. The van der Waals surface area contributed by atoms with Crippen LogP contribution in [0.2, 0.25) is 0 Å². The Balaban J connectivity index is 3.09. The Morgan fingerprint density at radius 3 is 2.45 bits per heavy atom. The van der Waals surface area contributed by atoms with Crippen molar-refractivity contribution in [2.24, 2.45) is 5.92 Å². The van der Waals surface area contributed by atoms with Gasteiger partial charge < -0.3 is 5.11 Å². The fourth-order valence-electron chi connectivity index (χ4n) is 1.60. The van der Waals surface area contributed by atoms with Crippen LogP contribution in [0.25, 0.3) is 0 Å². The SMILES string of the molecule is CC(C)C[C@@H](NS(=O)(=O)c1cc(Br)ccc1Br)C(=O)O. The van der Waals surface area contributed by atoms with Crippen LogP contribution in [0.3, 0.4) is 0 Å². The first kappa shape index (κ1) is 17.6. The van der Waals surface area contributed by atoms with Gasteiger partial charge in [0.1, 0.15) is 6.04 Å². The fraction of sp³-hybridized carbons (Fsp3) is 0.417. The standard InChI is InChI=1S/C12H15Br2NO4S/c1-7(2)5-10(12(16)17)15-20(18,19)11-6-8(13)3-4-9(11)14/h3-4,6-7,10,15H,5H2,1-2H3,(H,16,17)/t10-/m1/s1. The molecule has 0 aromatic heterocycles. The minimum absolute atomic E-state index is 0.00174. The molecule has 0 aliphatic carbocycles. The van der Waals surface area contributed by atoms with E-state index in [2.05, 4.69) is 36.6 Å². The highest BCUT2D eigenvalue weighted by atomic mass is 79.9. The summed E-state index contributed by atoms with van der Waals surface area (Å²) in [6, 6.07) is 3.54. The molecule has 0 unspecified atom stereocenters. The van der Waals surface area contributed by atoms with E-state index in [-0.39, 0.29) is 17.2 Å². The van der Waals surface area contributed by atoms with Gasteiger partial charge in [-0.2, -0.15) is 4.72 Å². The van der Waals surface area contributed by atoms with Crippen molar-refractivity contribution in [3.8, 4) is 0 Å². The Kier molecular flexibility index (Phi) is 6.18. The summed E-state index contributed by atoms with van der Waals surface area (Å²) in [6.45, 7) is 3.67. The van der Waals surface area contributed by atoms with E-state index < -0.39 is 22.0 Å². The van der Waals surface area contributed by atoms with Crippen LogP contribution in [0.4, 0.5) is 0 Å². The van der Waals surface area contributed by atoms with Gasteiger partial charge in [0.25, 0.3) is 0 Å². The van der Waals surface area contributed by atoms with Crippen LogP contribution in [0.5, 0.6) is 0 Å². The fourth-order valence-corrected chi connectivity index (χ4v) is 4.31. The minimum Gasteiger partial charge on any atom is -0.480 e. The zero-order chi connectivity index (χ0) is 15.5. The summed E-state index contributed by atoms with van der Waals surface area (Å²) in [5.74, 6) is -1.13. The van der Waals surface area contributed by atoms with E-state index >= 15 is 0 Å². The van der Waals surface area contributed by atoms with Crippen LogP contribution < -0.4 is 4.72 Å². The van der Waals surface area contributed by atoms with Gasteiger partial charge in [-0.1, -0.05) is 29.8 Å². The number of benzene rings is 1. The molecule has 1 rings (SSSR count). The summed E-state index contributed by atoms with van der Waals surface area (Å²) in [5.41, 5.74) is 0. The summed E-state index contributed by atoms with van der Waals surface area (Å²) in [6.07, 6.45) is 0.222. The first-order valence-electron chi connectivity index (χ1n) is 5.83. The largest absolute Gasteiger partial charge is 0.480 e. The van der Waals surface area contributed by atoms with Crippen molar-refractivity contribution in [1.29, 1.82) is 0 Å². The summed E-state index contributed by atoms with van der Waals surface area (Å²) in [4.78, 5) is 11.1. The normalized spacial score (nSPS) is 13.4. The number of carbonyl (C=O) groups is 1. The molecule has 1 aromatic carbocycles. The Morgan fingerprint density at radius 2 is 1.95 bits per heavy atom. The molecule has 0 heterocycles. The molecular weight excluding hydrogens is 414 g/mol. The maximum absolute atomic E-state index is 12.3. The number of rotatable bonds is 6. The van der Waals surface area contributed by atoms with Crippen LogP contribution in [0, 0.1) is 5.92 Å². The van der Waals surface area contributed by atoms with E-state index in [0.29, 0.717) is 8.95 Å². The smallest absolute Gasteiger partial charge is 0.321 e. The number of sulfonamides is 1. The summed E-state index contributed by atoms with van der Waals surface area (Å²) < 4.78 is 27.8. The summed E-state index contributed by atoms with van der Waals surface area (Å²) >= 11 is 6.35. The van der Waals surface area contributed by atoms with Crippen molar-refractivity contribution >= 4 is 47.9 Å². The molecule has 0 saturated carbocycles. The quantitative estimate of drug-likeness (QED) is 0.729. The molecule has 20 heavy (non-hydrogen) atoms. The average Bonchev–Trinajstić information content (AvgIpc) is 2.30. The molecule has 0 aliphatic rings. The lowest BCUT2D eigenvalue weighted by molar-refractivity contribution is -0.139. The van der Waals surface area contributed by atoms with E-state index in [9.17, 15) is 13.2 Å². The minimum atomic E-state index is -3.91. The van der Waals surface area contributed by atoms with Gasteiger partial charge >= 0.3 is 5.97 Å². The molecule has 1 aromatic rings. The second kappa shape index (κ2) is 7.02. The highest BCUT2D eigenvalue weighted by Crippen LogP contribution is 2.26. The number of carboxylic acid groups (broad SMARTS) is 1. The Labute approximate surface area is 135 Å². The predicted octanol–water partition coefficient (Wildman–Crippen LogP) is 2.99. The Morgan fingerprint density at radius 1 is 1.35 bits per heavy atom. The van der Waals surface area contributed by atoms with Crippen molar-refractivity contribution in [3.63, 3.8) is 0 Å². The molecular formula is C12H15Br2NO4S. The predicted molar refractivity (Wildman–Crippen MR) is 83.0 cm³/mol. The van der Waals surface area contributed by atoms with Gasteiger partial charge in [-0.15, -0.1) is 0 Å². The molecule has 0 aliphatic heterocycles. The van der Waals surface area contributed by atoms with Gasteiger partial charge in [-0.3, -0.25) is 4.79 Å². The van der Waals surface area contributed by atoms with Gasteiger partial charge in [0.2, 0.25) is 10.0 Å². The van der Waals surface area contributed by atoms with Gasteiger partial charge in [0.15, 0.2) is 0 Å². The highest BCUT2D eigenvalue weighted by molar-refractivity contribution is 9.11. The number of hydrogen-bond donors (Lipinski definition) is 2. The van der Waals surface area contributed by atoms with E-state index in [1.54, 1.807) is 12.1 Å². The average molecular weight is 429 g/mol. The monoisotopic (exact) mass is 427 g/mol. The van der Waals surface area contributed by atoms with Gasteiger partial charge in [-0.25, -0.2) is 8.42 Å². The molecule has 0 fully saturated rings. The first-order valence-corrected chi connectivity index (χ1v) is 8.90. The lowest BCUT2D eigenvalue weighted by atomic mass is 10.1. The molecule has 2 N–H and O–H groups in total. The van der Waals surface area contributed by atoms with Gasteiger partial charge in [0.05, 0.1) is 4.90 Å². The highest BCUT2D eigenvalue weighted by Gasteiger charge is 2.27. The van der Waals surface area contributed by atoms with Crippen LogP contribution in [-0.2, 0) is 14.8 Å². The van der Waals surface area contributed by atoms with Crippen LogP contribution >= 0.6 is 31.9 Å². The summed E-state index contributed by atoms with van der Waals surface area (Å²) in [5, 5.41) is 9.11. The van der Waals surface area contributed by atoms with E-state index in [4.69, 9.17) is 5.11 Å². The van der Waals surface area contributed by atoms with Crippen molar-refractivity contribution in [1.82, 2.24) is 4.72 Å². The van der Waals surface area contributed by atoms with E-state index in [0.717, 1.165) is 0 Å². The van der Waals surface area contributed by atoms with Gasteiger partial charge in [-0.05, 0) is 46.5 Å². The molecule has 0 spiro atoms. The molecule has 0 radical (unpaired) electrons. The second-order valence-electron chi connectivity index (χ2n) is 4.72. The van der Waals surface area contributed by atoms with E-state index in [1.807, 2.05) is 13.8 Å². The number of nitrogens with one attached hydrogen (secondary N) is 1. The third-order valence-electron chi connectivity index (χ3n) is 2.49. The number of halogens is 2. The van der Waals surface area contributed by atoms with Crippen molar-refractivity contribution in [2.75, 3.05) is 0 Å². The molecule has 0 amide bonds. The molecule has 8 heteroatoms. The lowest BCUT2D eigenvalue weighted by Crippen LogP contribution is -2.41. The topological polar surface area (TPSA) is 83.5 Å². The summed E-state index contributed by atoms with van der Waals surface area (Å²) in [7, 11) is -3.91. The molecule has 5 nitrogen and oxygen atoms in total. The van der Waals surface area contributed by atoms with Crippen LogP contribution in [-0.4, -0.2) is 25.5 Å². The molecule has 0 bridgehead atoms. The van der Waals surface area contributed by atoms with Crippen molar-refractivity contribution in [3.05, 3.63) is 27.1 Å². The lowest BCUT2D eigenvalue weighted by Gasteiger charge is -2.17. The van der Waals surface area contributed by atoms with Crippen molar-refractivity contribution in [2.45, 2.75) is 31.2 Å². The third-order valence-corrected chi connectivity index (χ3v) is 5.44. The van der Waals surface area contributed by atoms with Gasteiger partial charge in [0, 0.05) is 8.95 Å². The maximum atomic E-state index is 12.3. The Bertz CT molecular complexity index is 601. The first-order chi connectivity index (χ1) is 9.13. The molecule has 0 saturated heterocycles. The van der Waals surface area contributed by atoms with Crippen LogP contribution in [0.15, 0.2) is 32.0 Å². The maximum Gasteiger partial charge on any atom is 0.321 e.